The summed E-state index contributed by atoms with van der Waals surface area (Å²) in [6.07, 6.45) is 0. The standard InChI is InChI=1S/C18H16FN5OS/c1-10(11-2-5-13(19)6-3-11)20-18-24-23-16(9-26-18)12-4-7-14-15(8-12)22-17(25)21-14/h2-8,10H,9H2,1H3,(H,20,24)(H2,21,22,25). The number of amidine groups is 1. The second kappa shape index (κ2) is 6.80. The number of benzene rings is 2. The fraction of sp³-hybridized carbons (Fsp3) is 0.167. The van der Waals surface area contributed by atoms with Crippen molar-refractivity contribution in [3.63, 3.8) is 0 Å². The average molecular weight is 369 g/mol. The lowest BCUT2D eigenvalue weighted by Crippen LogP contribution is -2.25. The summed E-state index contributed by atoms with van der Waals surface area (Å²) in [6.45, 7) is 1.96. The smallest absolute Gasteiger partial charge is 0.306 e. The number of nitrogens with one attached hydrogen (secondary N) is 3. The number of hydrogen-bond acceptors (Lipinski definition) is 4. The number of aromatic amines is 2. The molecule has 1 unspecified atom stereocenters. The van der Waals surface area contributed by atoms with Gasteiger partial charge in [0.2, 0.25) is 0 Å². The second-order valence-electron chi connectivity index (χ2n) is 5.96. The first-order chi connectivity index (χ1) is 12.6. The van der Waals surface area contributed by atoms with Crippen molar-refractivity contribution >= 4 is 33.7 Å². The molecule has 0 bridgehead atoms. The van der Waals surface area contributed by atoms with Crippen molar-refractivity contribution < 1.29 is 4.39 Å². The van der Waals surface area contributed by atoms with E-state index in [2.05, 4.69) is 25.5 Å². The number of hydrogen-bond donors (Lipinski definition) is 3. The molecule has 1 aromatic heterocycles. The molecule has 8 heteroatoms. The highest BCUT2D eigenvalue weighted by Gasteiger charge is 2.15. The molecular formula is C18H16FN5OS. The van der Waals surface area contributed by atoms with E-state index in [0.29, 0.717) is 5.75 Å². The van der Waals surface area contributed by atoms with Gasteiger partial charge in [-0.1, -0.05) is 30.0 Å². The Labute approximate surface area is 152 Å². The maximum absolute atomic E-state index is 13.0. The molecular weight excluding hydrogens is 353 g/mol. The van der Waals surface area contributed by atoms with Crippen LogP contribution in [0.1, 0.15) is 24.1 Å². The molecule has 2 heterocycles. The van der Waals surface area contributed by atoms with E-state index in [9.17, 15) is 9.18 Å². The van der Waals surface area contributed by atoms with Gasteiger partial charge in [0, 0.05) is 11.3 Å². The fourth-order valence-electron chi connectivity index (χ4n) is 2.73. The van der Waals surface area contributed by atoms with Crippen molar-refractivity contribution in [2.45, 2.75) is 13.0 Å². The molecule has 0 fully saturated rings. The first-order valence-electron chi connectivity index (χ1n) is 8.09. The third-order valence-electron chi connectivity index (χ3n) is 4.14. The zero-order valence-electron chi connectivity index (χ0n) is 13.9. The van der Waals surface area contributed by atoms with Crippen molar-refractivity contribution in [2.24, 2.45) is 10.1 Å². The topological polar surface area (TPSA) is 85.4 Å². The van der Waals surface area contributed by atoms with Crippen LogP contribution in [0.4, 0.5) is 4.39 Å². The molecule has 0 saturated carbocycles. The SMILES string of the molecule is CC(N=C1NN=C(c2ccc3[nH]c(=O)[nH]c3c2)CS1)c1ccc(F)cc1. The molecule has 1 aliphatic rings. The number of aromatic nitrogens is 2. The molecule has 26 heavy (non-hydrogen) atoms. The van der Waals surface area contributed by atoms with Gasteiger partial charge in [0.1, 0.15) is 5.82 Å². The van der Waals surface area contributed by atoms with E-state index in [1.807, 2.05) is 25.1 Å². The van der Waals surface area contributed by atoms with Gasteiger partial charge in [0.05, 0.1) is 22.8 Å². The van der Waals surface area contributed by atoms with E-state index in [-0.39, 0.29) is 17.5 Å². The number of H-pyrrole nitrogens is 2. The van der Waals surface area contributed by atoms with Crippen LogP contribution in [0, 0.1) is 5.82 Å². The van der Waals surface area contributed by atoms with Gasteiger partial charge in [0.15, 0.2) is 5.17 Å². The molecule has 0 amide bonds. The van der Waals surface area contributed by atoms with Crippen molar-refractivity contribution in [1.29, 1.82) is 0 Å². The number of fused-ring (bicyclic) bond motifs is 1. The lowest BCUT2D eigenvalue weighted by Gasteiger charge is -2.16. The van der Waals surface area contributed by atoms with Gasteiger partial charge < -0.3 is 9.97 Å². The summed E-state index contributed by atoms with van der Waals surface area (Å²) in [5.41, 5.74) is 7.05. The molecule has 2 aromatic carbocycles. The van der Waals surface area contributed by atoms with Crippen LogP contribution in [0.5, 0.6) is 0 Å². The summed E-state index contributed by atoms with van der Waals surface area (Å²) in [5.74, 6) is 0.413. The van der Waals surface area contributed by atoms with E-state index in [4.69, 9.17) is 0 Å². The summed E-state index contributed by atoms with van der Waals surface area (Å²) >= 11 is 1.56. The number of rotatable bonds is 3. The number of halogens is 1. The van der Waals surface area contributed by atoms with E-state index in [0.717, 1.165) is 33.0 Å². The number of hydrazone groups is 1. The third-order valence-corrected chi connectivity index (χ3v) is 5.03. The number of nitrogens with zero attached hydrogens (tertiary/aromatic N) is 2. The highest BCUT2D eigenvalue weighted by molar-refractivity contribution is 8.14. The van der Waals surface area contributed by atoms with Gasteiger partial charge in [-0.05, 0) is 36.8 Å². The second-order valence-corrected chi connectivity index (χ2v) is 6.92. The van der Waals surface area contributed by atoms with Crippen LogP contribution < -0.4 is 11.1 Å². The summed E-state index contributed by atoms with van der Waals surface area (Å²) in [5, 5.41) is 5.13. The van der Waals surface area contributed by atoms with Crippen molar-refractivity contribution in [2.75, 3.05) is 5.75 Å². The Morgan fingerprint density at radius 1 is 1.15 bits per heavy atom. The predicted octanol–water partition coefficient (Wildman–Crippen LogP) is 3.15. The van der Waals surface area contributed by atoms with Crippen LogP contribution in [-0.2, 0) is 0 Å². The van der Waals surface area contributed by atoms with E-state index in [1.54, 1.807) is 23.9 Å². The van der Waals surface area contributed by atoms with Gasteiger partial charge in [-0.25, -0.2) is 9.18 Å². The number of thioether (sulfide) groups is 1. The Bertz CT molecular complexity index is 1070. The minimum absolute atomic E-state index is 0.0939. The molecule has 0 radical (unpaired) electrons. The van der Waals surface area contributed by atoms with E-state index < -0.39 is 0 Å². The fourth-order valence-corrected chi connectivity index (χ4v) is 3.58. The molecule has 0 spiro atoms. The van der Waals surface area contributed by atoms with E-state index >= 15 is 0 Å². The van der Waals surface area contributed by atoms with Gasteiger partial charge >= 0.3 is 5.69 Å². The van der Waals surface area contributed by atoms with Gasteiger partial charge in [-0.15, -0.1) is 0 Å². The molecule has 3 N–H and O–H groups in total. The third kappa shape index (κ3) is 3.41. The first kappa shape index (κ1) is 16.6. The molecule has 132 valence electrons. The largest absolute Gasteiger partial charge is 0.323 e. The summed E-state index contributed by atoms with van der Waals surface area (Å²) in [4.78, 5) is 21.4. The minimum Gasteiger partial charge on any atom is -0.306 e. The monoisotopic (exact) mass is 369 g/mol. The first-order valence-corrected chi connectivity index (χ1v) is 9.08. The van der Waals surface area contributed by atoms with Crippen LogP contribution in [0.15, 0.2) is 57.4 Å². The Morgan fingerprint density at radius 3 is 2.65 bits per heavy atom. The van der Waals surface area contributed by atoms with Gasteiger partial charge in [-0.2, -0.15) is 5.10 Å². The molecule has 3 aromatic rings. The normalized spacial score (nSPS) is 17.2. The maximum Gasteiger partial charge on any atom is 0.323 e. The van der Waals surface area contributed by atoms with Gasteiger partial charge in [0.25, 0.3) is 0 Å². The maximum atomic E-state index is 13.0. The van der Waals surface area contributed by atoms with E-state index in [1.165, 1.54) is 12.1 Å². The zero-order valence-corrected chi connectivity index (χ0v) is 14.7. The number of imidazole rings is 1. The van der Waals surface area contributed by atoms with Crippen LogP contribution >= 0.6 is 11.8 Å². The highest BCUT2D eigenvalue weighted by atomic mass is 32.2. The Hall–Kier alpha value is -2.87. The molecule has 6 nitrogen and oxygen atoms in total. The Morgan fingerprint density at radius 2 is 1.92 bits per heavy atom. The Kier molecular flexibility index (Phi) is 4.34. The number of aliphatic imine (C=N–C) groups is 1. The van der Waals surface area contributed by atoms with Crippen molar-refractivity contribution in [3.05, 3.63) is 69.9 Å². The quantitative estimate of drug-likeness (QED) is 0.663. The molecule has 1 aliphatic heterocycles. The summed E-state index contributed by atoms with van der Waals surface area (Å²) in [7, 11) is 0. The lowest BCUT2D eigenvalue weighted by molar-refractivity contribution is 0.626. The molecule has 0 aliphatic carbocycles. The van der Waals surface area contributed by atoms with Crippen LogP contribution in [0.25, 0.3) is 11.0 Å². The minimum atomic E-state index is -0.256. The van der Waals surface area contributed by atoms with Gasteiger partial charge in [-0.3, -0.25) is 10.4 Å². The summed E-state index contributed by atoms with van der Waals surface area (Å²) in [6, 6.07) is 11.9. The molecule has 1 atom stereocenters. The van der Waals surface area contributed by atoms with Crippen molar-refractivity contribution in [1.82, 2.24) is 15.4 Å². The van der Waals surface area contributed by atoms with Crippen LogP contribution in [-0.4, -0.2) is 26.6 Å². The van der Waals surface area contributed by atoms with Crippen LogP contribution in [0.2, 0.25) is 0 Å². The molecule has 0 saturated heterocycles. The zero-order chi connectivity index (χ0) is 18.1. The molecule has 4 rings (SSSR count). The van der Waals surface area contributed by atoms with Crippen LogP contribution in [0.3, 0.4) is 0 Å². The van der Waals surface area contributed by atoms with Crippen molar-refractivity contribution in [3.8, 4) is 0 Å². The predicted molar refractivity (Wildman–Crippen MR) is 103 cm³/mol. The highest BCUT2D eigenvalue weighted by Crippen LogP contribution is 2.21. The average Bonchev–Trinajstić information content (AvgIpc) is 3.02. The summed E-state index contributed by atoms with van der Waals surface area (Å²) < 4.78 is 13.0. The lowest BCUT2D eigenvalue weighted by atomic mass is 10.1. The Balaban J connectivity index is 1.51.